The number of allylic oxidation sites excluding steroid dienone is 1. The molecule has 1 fully saturated rings. The van der Waals surface area contributed by atoms with Crippen molar-refractivity contribution in [3.63, 3.8) is 0 Å². The number of methoxy groups -OCH3 is 2. The van der Waals surface area contributed by atoms with Crippen LogP contribution in [0, 0.1) is 0 Å². The van der Waals surface area contributed by atoms with Gasteiger partial charge in [0.1, 0.15) is 17.5 Å². The number of nitrogens with zero attached hydrogens (tertiary/aromatic N) is 1. The summed E-state index contributed by atoms with van der Waals surface area (Å²) in [6.45, 7) is 4.14. The molecule has 1 aromatic heterocycles. The number of carboxylic acids is 1. The van der Waals surface area contributed by atoms with Gasteiger partial charge in [-0.1, -0.05) is 12.6 Å². The van der Waals surface area contributed by atoms with Crippen molar-refractivity contribution >= 4 is 38.7 Å². The Hall–Kier alpha value is -3.47. The first-order valence-corrected chi connectivity index (χ1v) is 13.9. The largest absolute Gasteiger partial charge is 0.496 e. The molecule has 0 aliphatic carbocycles. The lowest BCUT2D eigenvalue weighted by molar-refractivity contribution is -0.142. The molecule has 10 heteroatoms. The molecular formula is C27H27NO7S2. The number of Topliss-reactive ketones (excluding diaryl/α,β-unsaturated/α-hetero) is 1. The molecule has 1 atom stereocenters. The number of carboxylic acid groups (broad SMARTS) is 1. The molecule has 1 unspecified atom stereocenters. The van der Waals surface area contributed by atoms with Gasteiger partial charge in [-0.3, -0.25) is 9.59 Å². The first-order valence-electron chi connectivity index (χ1n) is 11.6. The second-order valence-corrected chi connectivity index (χ2v) is 11.4. The SMILES string of the molecule is C=C(C(=O)c1ccc(S(=O)(=O)N2CCCCC2C(=O)O)cc1)c1cc(-c2cccs2)c(OC)cc1OC. The highest BCUT2D eigenvalue weighted by molar-refractivity contribution is 7.89. The van der Waals surface area contributed by atoms with Crippen LogP contribution in [0.25, 0.3) is 16.0 Å². The molecule has 1 aliphatic rings. The molecule has 0 bridgehead atoms. The maximum Gasteiger partial charge on any atom is 0.322 e. The van der Waals surface area contributed by atoms with Crippen LogP contribution in [0.2, 0.25) is 0 Å². The van der Waals surface area contributed by atoms with Gasteiger partial charge in [0.05, 0.1) is 19.1 Å². The number of thiophene rings is 1. The fraction of sp³-hybridized carbons (Fsp3) is 0.259. The Morgan fingerprint density at radius 1 is 1.05 bits per heavy atom. The molecule has 2 aromatic carbocycles. The standard InChI is InChI=1S/C27H27NO7S2/c1-17(20-15-21(25-8-6-14-36-25)24(35-3)16-23(20)34-2)26(29)18-9-11-19(12-10-18)37(32,33)28-13-5-4-7-22(28)27(30)31/h6,8-12,14-16,22H,1,4-5,7,13H2,2-3H3,(H,30,31). The van der Waals surface area contributed by atoms with Crippen LogP contribution in [0.4, 0.5) is 0 Å². The summed E-state index contributed by atoms with van der Waals surface area (Å²) in [6, 6.07) is 11.7. The summed E-state index contributed by atoms with van der Waals surface area (Å²) in [5.74, 6) is -0.553. The normalized spacial score (nSPS) is 16.2. The number of hydrogen-bond donors (Lipinski definition) is 1. The first-order chi connectivity index (χ1) is 17.7. The van der Waals surface area contributed by atoms with Gasteiger partial charge >= 0.3 is 5.97 Å². The Labute approximate surface area is 219 Å². The van der Waals surface area contributed by atoms with Crippen LogP contribution in [0.15, 0.2) is 65.4 Å². The molecule has 0 radical (unpaired) electrons. The van der Waals surface area contributed by atoms with Gasteiger partial charge in [-0.15, -0.1) is 11.3 Å². The number of carbonyl (C=O) groups excluding carboxylic acids is 1. The Morgan fingerprint density at radius 3 is 2.35 bits per heavy atom. The summed E-state index contributed by atoms with van der Waals surface area (Å²) in [4.78, 5) is 25.8. The van der Waals surface area contributed by atoms with E-state index in [4.69, 9.17) is 9.47 Å². The highest BCUT2D eigenvalue weighted by Crippen LogP contribution is 2.40. The first kappa shape index (κ1) is 26.6. The molecule has 4 rings (SSSR count). The predicted octanol–water partition coefficient (Wildman–Crippen LogP) is 4.96. The van der Waals surface area contributed by atoms with E-state index in [2.05, 4.69) is 6.58 Å². The summed E-state index contributed by atoms with van der Waals surface area (Å²) in [7, 11) is -0.983. The van der Waals surface area contributed by atoms with E-state index in [1.165, 1.54) is 42.7 Å². The number of hydrogen-bond acceptors (Lipinski definition) is 7. The van der Waals surface area contributed by atoms with Gasteiger partial charge in [-0.25, -0.2) is 8.42 Å². The zero-order valence-corrected chi connectivity index (χ0v) is 22.1. The van der Waals surface area contributed by atoms with Gasteiger partial charge in [0.25, 0.3) is 0 Å². The molecule has 0 saturated carbocycles. The molecule has 0 amide bonds. The van der Waals surface area contributed by atoms with E-state index in [0.717, 1.165) is 14.7 Å². The van der Waals surface area contributed by atoms with Gasteiger partial charge in [0.2, 0.25) is 10.0 Å². The lowest BCUT2D eigenvalue weighted by atomic mass is 9.95. The smallest absolute Gasteiger partial charge is 0.322 e. The van der Waals surface area contributed by atoms with Crippen molar-refractivity contribution in [1.82, 2.24) is 4.31 Å². The minimum Gasteiger partial charge on any atom is -0.496 e. The molecule has 1 aliphatic heterocycles. The quantitative estimate of drug-likeness (QED) is 0.301. The molecule has 194 valence electrons. The van der Waals surface area contributed by atoms with Crippen molar-refractivity contribution in [1.29, 1.82) is 0 Å². The van der Waals surface area contributed by atoms with Crippen LogP contribution in [-0.2, 0) is 14.8 Å². The van der Waals surface area contributed by atoms with Crippen LogP contribution in [0.5, 0.6) is 11.5 Å². The molecule has 3 aromatic rings. The molecular weight excluding hydrogens is 514 g/mol. The van der Waals surface area contributed by atoms with Crippen molar-refractivity contribution in [2.24, 2.45) is 0 Å². The fourth-order valence-electron chi connectivity index (χ4n) is 4.41. The molecule has 37 heavy (non-hydrogen) atoms. The van der Waals surface area contributed by atoms with Crippen molar-refractivity contribution in [2.45, 2.75) is 30.2 Å². The van der Waals surface area contributed by atoms with Crippen molar-refractivity contribution in [2.75, 3.05) is 20.8 Å². The third-order valence-corrected chi connectivity index (χ3v) is 9.19. The summed E-state index contributed by atoms with van der Waals surface area (Å²) >= 11 is 1.53. The summed E-state index contributed by atoms with van der Waals surface area (Å²) in [5.41, 5.74) is 1.70. The van der Waals surface area contributed by atoms with Crippen molar-refractivity contribution in [3.05, 3.63) is 71.6 Å². The van der Waals surface area contributed by atoms with Gasteiger partial charge in [0, 0.05) is 39.8 Å². The summed E-state index contributed by atoms with van der Waals surface area (Å²) < 4.78 is 38.4. The Kier molecular flexibility index (Phi) is 7.82. The highest BCUT2D eigenvalue weighted by atomic mass is 32.2. The summed E-state index contributed by atoms with van der Waals surface area (Å²) in [6.07, 6.45) is 1.51. The van der Waals surface area contributed by atoms with Crippen LogP contribution < -0.4 is 9.47 Å². The average molecular weight is 542 g/mol. The molecule has 0 spiro atoms. The topological polar surface area (TPSA) is 110 Å². The highest BCUT2D eigenvalue weighted by Gasteiger charge is 2.37. The van der Waals surface area contributed by atoms with E-state index in [-0.39, 0.29) is 29.0 Å². The Morgan fingerprint density at radius 2 is 1.76 bits per heavy atom. The number of carbonyl (C=O) groups is 2. The number of piperidine rings is 1. The third kappa shape index (κ3) is 5.18. The monoisotopic (exact) mass is 541 g/mol. The lowest BCUT2D eigenvalue weighted by Crippen LogP contribution is -2.47. The van der Waals surface area contributed by atoms with E-state index >= 15 is 0 Å². The number of sulfonamides is 1. The zero-order chi connectivity index (χ0) is 26.7. The van der Waals surface area contributed by atoms with Crippen LogP contribution in [0.3, 0.4) is 0 Å². The molecule has 1 saturated heterocycles. The van der Waals surface area contributed by atoms with Crippen LogP contribution in [-0.4, -0.2) is 56.4 Å². The molecule has 2 heterocycles. The van der Waals surface area contributed by atoms with Gasteiger partial charge in [-0.2, -0.15) is 4.31 Å². The number of aliphatic carboxylic acids is 1. The van der Waals surface area contributed by atoms with E-state index in [1.54, 1.807) is 19.2 Å². The van der Waals surface area contributed by atoms with Crippen LogP contribution >= 0.6 is 11.3 Å². The van der Waals surface area contributed by atoms with E-state index < -0.39 is 27.8 Å². The van der Waals surface area contributed by atoms with Gasteiger partial charge in [-0.05, 0) is 61.0 Å². The van der Waals surface area contributed by atoms with Gasteiger partial charge in [0.15, 0.2) is 5.78 Å². The second kappa shape index (κ2) is 10.9. The summed E-state index contributed by atoms with van der Waals surface area (Å²) in [5, 5.41) is 11.4. The zero-order valence-electron chi connectivity index (χ0n) is 20.5. The minimum atomic E-state index is -4.03. The lowest BCUT2D eigenvalue weighted by Gasteiger charge is -2.31. The number of ether oxygens (including phenoxy) is 2. The number of rotatable bonds is 9. The van der Waals surface area contributed by atoms with Crippen molar-refractivity contribution in [3.8, 4) is 21.9 Å². The molecule has 1 N–H and O–H groups in total. The predicted molar refractivity (Wildman–Crippen MR) is 142 cm³/mol. The van der Waals surface area contributed by atoms with E-state index in [9.17, 15) is 23.1 Å². The maximum atomic E-state index is 13.3. The second-order valence-electron chi connectivity index (χ2n) is 8.53. The average Bonchev–Trinajstić information content (AvgIpc) is 3.46. The van der Waals surface area contributed by atoms with Gasteiger partial charge < -0.3 is 14.6 Å². The fourth-order valence-corrected chi connectivity index (χ4v) is 6.81. The van der Waals surface area contributed by atoms with E-state index in [0.29, 0.717) is 29.9 Å². The third-order valence-electron chi connectivity index (χ3n) is 6.37. The van der Waals surface area contributed by atoms with Crippen molar-refractivity contribution < 1.29 is 32.6 Å². The van der Waals surface area contributed by atoms with E-state index in [1.807, 2.05) is 17.5 Å². The minimum absolute atomic E-state index is 0.0650. The van der Waals surface area contributed by atoms with Crippen LogP contribution in [0.1, 0.15) is 35.2 Å². The Balaban J connectivity index is 1.64. The number of ketones is 1. The maximum absolute atomic E-state index is 13.3. The number of benzene rings is 2. The molecule has 8 nitrogen and oxygen atoms in total. The Bertz CT molecular complexity index is 1430.